The molecule has 0 saturated heterocycles. The molecule has 0 bridgehead atoms. The molecule has 0 fully saturated rings. The summed E-state index contributed by atoms with van der Waals surface area (Å²) in [7, 11) is 0. The van der Waals surface area contributed by atoms with Crippen molar-refractivity contribution >= 4 is 0 Å². The van der Waals surface area contributed by atoms with E-state index in [4.69, 9.17) is 9.47 Å². The summed E-state index contributed by atoms with van der Waals surface area (Å²) in [4.78, 5) is 0. The van der Waals surface area contributed by atoms with E-state index in [2.05, 4.69) is 27.7 Å². The molecular formula is C29H59O2. The molecule has 0 aliphatic heterocycles. The summed E-state index contributed by atoms with van der Waals surface area (Å²) in [6, 6.07) is 0. The highest BCUT2D eigenvalue weighted by atomic mass is 16.5. The Labute approximate surface area is 197 Å². The first kappa shape index (κ1) is 30.9. The maximum Gasteiger partial charge on any atom is 0.0809 e. The fraction of sp³-hybridized carbons (Fsp3) is 0.966. The number of hydrogen-bond donors (Lipinski definition) is 0. The fourth-order valence-electron chi connectivity index (χ4n) is 4.10. The lowest BCUT2D eigenvalue weighted by Gasteiger charge is -2.13. The van der Waals surface area contributed by atoms with Crippen LogP contribution in [-0.2, 0) is 9.47 Å². The van der Waals surface area contributed by atoms with Crippen LogP contribution in [0.3, 0.4) is 0 Å². The van der Waals surface area contributed by atoms with Crippen LogP contribution in [0.1, 0.15) is 149 Å². The van der Waals surface area contributed by atoms with Crippen LogP contribution >= 0.6 is 0 Å². The van der Waals surface area contributed by atoms with Gasteiger partial charge in [0.15, 0.2) is 0 Å². The largest absolute Gasteiger partial charge is 0.379 e. The van der Waals surface area contributed by atoms with Crippen LogP contribution in [0.2, 0.25) is 0 Å². The molecule has 1 radical (unpaired) electrons. The molecule has 187 valence electrons. The monoisotopic (exact) mass is 439 g/mol. The molecule has 2 heteroatoms. The van der Waals surface area contributed by atoms with Crippen LogP contribution in [-0.4, -0.2) is 25.9 Å². The third-order valence-corrected chi connectivity index (χ3v) is 6.23. The number of rotatable bonds is 26. The molecule has 0 rings (SSSR count). The van der Waals surface area contributed by atoms with Gasteiger partial charge in [-0.1, -0.05) is 136 Å². The standard InChI is InChI=1S/C29H59O2/c1-5-6-7-8-20-23-26-31-29(4)27-30-25-22-19-17-15-13-11-9-10-12-14-16-18-21-24-28(2)3/h28-29H,4-27H2,1-3H3. The van der Waals surface area contributed by atoms with Crippen LogP contribution in [0.15, 0.2) is 0 Å². The Balaban J connectivity index is 3.11. The van der Waals surface area contributed by atoms with Crippen LogP contribution in [0.5, 0.6) is 0 Å². The molecule has 0 aliphatic rings. The predicted molar refractivity (Wildman–Crippen MR) is 139 cm³/mol. The lowest BCUT2D eigenvalue weighted by atomic mass is 10.0. The van der Waals surface area contributed by atoms with Gasteiger partial charge in [0.05, 0.1) is 12.7 Å². The molecule has 1 atom stereocenters. The molecule has 0 saturated carbocycles. The van der Waals surface area contributed by atoms with Crippen LogP contribution in [0.4, 0.5) is 0 Å². The van der Waals surface area contributed by atoms with Crippen LogP contribution < -0.4 is 0 Å². The van der Waals surface area contributed by atoms with E-state index in [1.165, 1.54) is 122 Å². The van der Waals surface area contributed by atoms with Gasteiger partial charge in [-0.25, -0.2) is 0 Å². The van der Waals surface area contributed by atoms with E-state index in [-0.39, 0.29) is 6.10 Å². The first-order valence-corrected chi connectivity index (χ1v) is 14.2. The first-order chi connectivity index (χ1) is 15.2. The maximum atomic E-state index is 5.75. The van der Waals surface area contributed by atoms with Gasteiger partial charge in [0, 0.05) is 13.2 Å². The van der Waals surface area contributed by atoms with Crippen LogP contribution in [0, 0.1) is 12.8 Å². The van der Waals surface area contributed by atoms with Crippen molar-refractivity contribution in [3.05, 3.63) is 6.92 Å². The number of unbranched alkanes of at least 4 members (excludes halogenated alkanes) is 17. The van der Waals surface area contributed by atoms with Gasteiger partial charge in [-0.3, -0.25) is 0 Å². The van der Waals surface area contributed by atoms with E-state index in [0.717, 1.165) is 25.6 Å². The summed E-state index contributed by atoms with van der Waals surface area (Å²) in [5.41, 5.74) is 0. The molecule has 31 heavy (non-hydrogen) atoms. The number of ether oxygens (including phenoxy) is 2. The van der Waals surface area contributed by atoms with Crippen LogP contribution in [0.25, 0.3) is 0 Å². The van der Waals surface area contributed by atoms with Gasteiger partial charge in [0.2, 0.25) is 0 Å². The molecule has 0 aromatic heterocycles. The van der Waals surface area contributed by atoms with Gasteiger partial charge in [0.25, 0.3) is 0 Å². The summed E-state index contributed by atoms with van der Waals surface area (Å²) >= 11 is 0. The predicted octanol–water partition coefficient (Wildman–Crippen LogP) is 9.70. The molecule has 0 aromatic rings. The second-order valence-electron chi connectivity index (χ2n) is 10.1. The molecule has 0 spiro atoms. The molecule has 1 unspecified atom stereocenters. The fourth-order valence-corrected chi connectivity index (χ4v) is 4.10. The zero-order valence-electron chi connectivity index (χ0n) is 21.9. The van der Waals surface area contributed by atoms with Crippen molar-refractivity contribution < 1.29 is 9.47 Å². The van der Waals surface area contributed by atoms with Crippen molar-refractivity contribution in [1.29, 1.82) is 0 Å². The maximum absolute atomic E-state index is 5.75. The van der Waals surface area contributed by atoms with Gasteiger partial charge in [-0.15, -0.1) is 0 Å². The quantitative estimate of drug-likeness (QED) is 0.125. The first-order valence-electron chi connectivity index (χ1n) is 14.2. The molecule has 2 nitrogen and oxygen atoms in total. The molecule has 0 aliphatic carbocycles. The Bertz CT molecular complexity index is 316. The van der Waals surface area contributed by atoms with Crippen molar-refractivity contribution in [2.24, 2.45) is 5.92 Å². The zero-order chi connectivity index (χ0) is 22.8. The average molecular weight is 440 g/mol. The normalized spacial score (nSPS) is 12.7. The van der Waals surface area contributed by atoms with Crippen molar-refractivity contribution in [3.8, 4) is 0 Å². The van der Waals surface area contributed by atoms with Gasteiger partial charge in [-0.05, 0) is 25.7 Å². The molecule has 0 aromatic carbocycles. The van der Waals surface area contributed by atoms with Crippen molar-refractivity contribution in [1.82, 2.24) is 0 Å². The smallest absolute Gasteiger partial charge is 0.0809 e. The second-order valence-corrected chi connectivity index (χ2v) is 10.1. The minimum Gasteiger partial charge on any atom is -0.379 e. The lowest BCUT2D eigenvalue weighted by Crippen LogP contribution is -2.17. The van der Waals surface area contributed by atoms with Crippen molar-refractivity contribution in [2.45, 2.75) is 155 Å². The van der Waals surface area contributed by atoms with Gasteiger partial charge in [0.1, 0.15) is 0 Å². The minimum absolute atomic E-state index is 0.00400. The topological polar surface area (TPSA) is 18.5 Å². The zero-order valence-corrected chi connectivity index (χ0v) is 21.9. The Morgan fingerprint density at radius 2 is 0.968 bits per heavy atom. The SMILES string of the molecule is [CH2]C(COCCCCCCCCCCCCCCCC(C)C)OCCCCCCCC. The van der Waals surface area contributed by atoms with Gasteiger partial charge in [-0.2, -0.15) is 0 Å². The number of hydrogen-bond acceptors (Lipinski definition) is 2. The summed E-state index contributed by atoms with van der Waals surface area (Å²) in [6.45, 7) is 13.3. The van der Waals surface area contributed by atoms with E-state index < -0.39 is 0 Å². The average Bonchev–Trinajstić information content (AvgIpc) is 2.75. The Hall–Kier alpha value is -0.0800. The summed E-state index contributed by atoms with van der Waals surface area (Å²) in [5.74, 6) is 0.882. The Morgan fingerprint density at radius 1 is 0.548 bits per heavy atom. The van der Waals surface area contributed by atoms with E-state index in [9.17, 15) is 0 Å². The lowest BCUT2D eigenvalue weighted by molar-refractivity contribution is 0.00440. The molecule has 0 N–H and O–H groups in total. The third kappa shape index (κ3) is 27.9. The summed E-state index contributed by atoms with van der Waals surface area (Å²) in [5, 5.41) is 0. The Kier molecular flexibility index (Phi) is 26.1. The summed E-state index contributed by atoms with van der Waals surface area (Å²) in [6.07, 6.45) is 27.5. The second kappa shape index (κ2) is 26.2. The van der Waals surface area contributed by atoms with Crippen molar-refractivity contribution in [3.63, 3.8) is 0 Å². The van der Waals surface area contributed by atoms with Gasteiger partial charge < -0.3 is 9.47 Å². The minimum atomic E-state index is -0.00400. The van der Waals surface area contributed by atoms with E-state index >= 15 is 0 Å². The highest BCUT2D eigenvalue weighted by molar-refractivity contribution is 4.58. The van der Waals surface area contributed by atoms with Gasteiger partial charge >= 0.3 is 0 Å². The van der Waals surface area contributed by atoms with Crippen molar-refractivity contribution in [2.75, 3.05) is 19.8 Å². The molecule has 0 amide bonds. The van der Waals surface area contributed by atoms with E-state index in [0.29, 0.717) is 6.61 Å². The highest BCUT2D eigenvalue weighted by Gasteiger charge is 2.02. The molecular weight excluding hydrogens is 380 g/mol. The molecule has 0 heterocycles. The Morgan fingerprint density at radius 3 is 1.45 bits per heavy atom. The highest BCUT2D eigenvalue weighted by Crippen LogP contribution is 2.14. The van der Waals surface area contributed by atoms with E-state index in [1.54, 1.807) is 0 Å². The summed E-state index contributed by atoms with van der Waals surface area (Å²) < 4.78 is 11.5. The third-order valence-electron chi connectivity index (χ3n) is 6.23. The van der Waals surface area contributed by atoms with E-state index in [1.807, 2.05) is 0 Å².